The van der Waals surface area contributed by atoms with Gasteiger partial charge >= 0.3 is 0 Å². The number of aromatic nitrogens is 1. The zero-order chi connectivity index (χ0) is 12.3. The molecule has 0 saturated carbocycles. The summed E-state index contributed by atoms with van der Waals surface area (Å²) in [6, 6.07) is 8.06. The van der Waals surface area contributed by atoms with Crippen LogP contribution in [-0.4, -0.2) is 18.1 Å². The maximum absolute atomic E-state index is 5.77. The third kappa shape index (κ3) is 2.84. The molecule has 0 radical (unpaired) electrons. The minimum absolute atomic E-state index is 0.141. The molecule has 0 aliphatic heterocycles. The highest BCUT2D eigenvalue weighted by molar-refractivity contribution is 7.13. The summed E-state index contributed by atoms with van der Waals surface area (Å²) in [5.74, 6) is 0.856. The first kappa shape index (κ1) is 12.1. The van der Waals surface area contributed by atoms with Crippen LogP contribution in [0.4, 0.5) is 0 Å². The van der Waals surface area contributed by atoms with Crippen molar-refractivity contribution in [2.24, 2.45) is 5.73 Å². The second-order valence-corrected chi connectivity index (χ2v) is 4.88. The molecule has 2 N–H and O–H groups in total. The van der Waals surface area contributed by atoms with Gasteiger partial charge in [0.1, 0.15) is 10.8 Å². The van der Waals surface area contributed by atoms with Gasteiger partial charge < -0.3 is 10.5 Å². The summed E-state index contributed by atoms with van der Waals surface area (Å²) in [5.41, 5.74) is 7.85. The number of nitrogens with zero attached hydrogens (tertiary/aromatic N) is 1. The zero-order valence-corrected chi connectivity index (χ0v) is 10.8. The normalized spacial score (nSPS) is 12.4. The summed E-state index contributed by atoms with van der Waals surface area (Å²) in [4.78, 5) is 4.59. The molecule has 0 aliphatic carbocycles. The predicted molar refractivity (Wildman–Crippen MR) is 71.5 cm³/mol. The Morgan fingerprint density at radius 2 is 2.18 bits per heavy atom. The molecule has 1 aromatic carbocycles. The number of rotatable bonds is 4. The maximum Gasteiger partial charge on any atom is 0.129 e. The van der Waals surface area contributed by atoms with Crippen molar-refractivity contribution in [1.29, 1.82) is 0 Å². The molecule has 17 heavy (non-hydrogen) atoms. The van der Waals surface area contributed by atoms with E-state index in [1.165, 1.54) is 0 Å². The Morgan fingerprint density at radius 1 is 1.41 bits per heavy atom. The van der Waals surface area contributed by atoms with Crippen molar-refractivity contribution in [3.63, 3.8) is 0 Å². The van der Waals surface area contributed by atoms with Crippen LogP contribution in [0.25, 0.3) is 10.6 Å². The number of ether oxygens (including phenoxy) is 1. The lowest BCUT2D eigenvalue weighted by molar-refractivity contribution is 0.416. The van der Waals surface area contributed by atoms with Crippen molar-refractivity contribution < 1.29 is 4.74 Å². The lowest BCUT2D eigenvalue weighted by Gasteiger charge is -2.04. The molecule has 0 amide bonds. The second kappa shape index (κ2) is 5.29. The molecule has 0 spiro atoms. The predicted octanol–water partition coefficient (Wildman–Crippen LogP) is 2.71. The van der Waals surface area contributed by atoms with E-state index in [1.807, 2.05) is 31.2 Å². The van der Waals surface area contributed by atoms with E-state index in [-0.39, 0.29) is 6.04 Å². The van der Waals surface area contributed by atoms with Crippen molar-refractivity contribution in [2.45, 2.75) is 19.4 Å². The highest BCUT2D eigenvalue weighted by Crippen LogP contribution is 2.31. The lowest BCUT2D eigenvalue weighted by atomic mass is 10.2. The van der Waals surface area contributed by atoms with Crippen molar-refractivity contribution in [3.05, 3.63) is 35.3 Å². The Kier molecular flexibility index (Phi) is 3.76. The molecule has 1 heterocycles. The molecule has 0 fully saturated rings. The molecule has 1 atom stereocenters. The minimum Gasteiger partial charge on any atom is -0.496 e. The van der Waals surface area contributed by atoms with Crippen molar-refractivity contribution >= 4 is 11.3 Å². The SMILES string of the molecule is COc1ccccc1-c1nc(CC(C)N)cs1. The van der Waals surface area contributed by atoms with Crippen molar-refractivity contribution in [1.82, 2.24) is 4.98 Å². The number of hydrogen-bond acceptors (Lipinski definition) is 4. The van der Waals surface area contributed by atoms with Crippen LogP contribution >= 0.6 is 11.3 Å². The first-order valence-electron chi connectivity index (χ1n) is 5.54. The Labute approximate surface area is 105 Å². The minimum atomic E-state index is 0.141. The summed E-state index contributed by atoms with van der Waals surface area (Å²) in [6.07, 6.45) is 0.811. The van der Waals surface area contributed by atoms with Crippen LogP contribution in [0.3, 0.4) is 0 Å². The summed E-state index contributed by atoms with van der Waals surface area (Å²) in [6.45, 7) is 1.99. The zero-order valence-electron chi connectivity index (χ0n) is 10.0. The molecule has 0 aliphatic rings. The Hall–Kier alpha value is -1.39. The molecule has 0 saturated heterocycles. The fourth-order valence-corrected chi connectivity index (χ4v) is 2.54. The molecule has 4 heteroatoms. The van der Waals surface area contributed by atoms with E-state index >= 15 is 0 Å². The van der Waals surface area contributed by atoms with Crippen LogP contribution in [0.5, 0.6) is 5.75 Å². The number of hydrogen-bond donors (Lipinski definition) is 1. The van der Waals surface area contributed by atoms with E-state index in [2.05, 4.69) is 10.4 Å². The van der Waals surface area contributed by atoms with Gasteiger partial charge in [0.15, 0.2) is 0 Å². The quantitative estimate of drug-likeness (QED) is 0.905. The van der Waals surface area contributed by atoms with Crippen molar-refractivity contribution in [3.8, 4) is 16.3 Å². The molecular formula is C13H16N2OS. The van der Waals surface area contributed by atoms with Gasteiger partial charge in [0.25, 0.3) is 0 Å². The van der Waals surface area contributed by atoms with Crippen LogP contribution in [0.1, 0.15) is 12.6 Å². The number of nitrogens with two attached hydrogens (primary N) is 1. The highest BCUT2D eigenvalue weighted by Gasteiger charge is 2.10. The Bertz CT molecular complexity index is 494. The van der Waals surface area contributed by atoms with Gasteiger partial charge in [-0.15, -0.1) is 11.3 Å². The smallest absolute Gasteiger partial charge is 0.129 e. The average Bonchev–Trinajstić information content (AvgIpc) is 2.76. The topological polar surface area (TPSA) is 48.1 Å². The average molecular weight is 248 g/mol. The third-order valence-electron chi connectivity index (χ3n) is 2.42. The van der Waals surface area contributed by atoms with E-state index in [4.69, 9.17) is 10.5 Å². The highest BCUT2D eigenvalue weighted by atomic mass is 32.1. The van der Waals surface area contributed by atoms with Gasteiger partial charge in [-0.3, -0.25) is 0 Å². The molecule has 90 valence electrons. The van der Waals surface area contributed by atoms with Crippen LogP contribution in [-0.2, 0) is 6.42 Å². The van der Waals surface area contributed by atoms with E-state index in [9.17, 15) is 0 Å². The summed E-state index contributed by atoms with van der Waals surface area (Å²) in [7, 11) is 1.68. The summed E-state index contributed by atoms with van der Waals surface area (Å²) < 4.78 is 5.33. The van der Waals surface area contributed by atoms with Gasteiger partial charge in [0.2, 0.25) is 0 Å². The maximum atomic E-state index is 5.77. The number of methoxy groups -OCH3 is 1. The van der Waals surface area contributed by atoms with Gasteiger partial charge in [-0.1, -0.05) is 12.1 Å². The molecule has 0 bridgehead atoms. The first-order chi connectivity index (χ1) is 8.20. The van der Waals surface area contributed by atoms with Crippen LogP contribution in [0, 0.1) is 0 Å². The Morgan fingerprint density at radius 3 is 2.88 bits per heavy atom. The largest absolute Gasteiger partial charge is 0.496 e. The fourth-order valence-electron chi connectivity index (χ4n) is 1.68. The van der Waals surface area contributed by atoms with Gasteiger partial charge in [-0.05, 0) is 19.1 Å². The first-order valence-corrected chi connectivity index (χ1v) is 6.42. The molecule has 2 rings (SSSR count). The summed E-state index contributed by atoms with van der Waals surface area (Å²) >= 11 is 1.63. The second-order valence-electron chi connectivity index (χ2n) is 4.03. The number of thiazole rings is 1. The van der Waals surface area contributed by atoms with E-state index in [0.29, 0.717) is 0 Å². The fraction of sp³-hybridized carbons (Fsp3) is 0.308. The van der Waals surface area contributed by atoms with E-state index in [1.54, 1.807) is 18.4 Å². The molecule has 1 unspecified atom stereocenters. The molecular weight excluding hydrogens is 232 g/mol. The number of benzene rings is 1. The monoisotopic (exact) mass is 248 g/mol. The molecule has 1 aromatic heterocycles. The van der Waals surface area contributed by atoms with E-state index in [0.717, 1.165) is 28.4 Å². The van der Waals surface area contributed by atoms with Crippen LogP contribution < -0.4 is 10.5 Å². The van der Waals surface area contributed by atoms with Gasteiger partial charge in [-0.2, -0.15) is 0 Å². The molecule has 3 nitrogen and oxygen atoms in total. The summed E-state index contributed by atoms with van der Waals surface area (Å²) in [5, 5.41) is 3.04. The van der Waals surface area contributed by atoms with Gasteiger partial charge in [0, 0.05) is 17.8 Å². The Balaban J connectivity index is 2.30. The number of para-hydroxylation sites is 1. The van der Waals surface area contributed by atoms with Crippen LogP contribution in [0.15, 0.2) is 29.6 Å². The van der Waals surface area contributed by atoms with E-state index < -0.39 is 0 Å². The van der Waals surface area contributed by atoms with Crippen molar-refractivity contribution in [2.75, 3.05) is 7.11 Å². The van der Waals surface area contributed by atoms with Crippen LogP contribution in [0.2, 0.25) is 0 Å². The van der Waals surface area contributed by atoms with Gasteiger partial charge in [0.05, 0.1) is 18.4 Å². The lowest BCUT2D eigenvalue weighted by Crippen LogP contribution is -2.17. The third-order valence-corrected chi connectivity index (χ3v) is 3.34. The van der Waals surface area contributed by atoms with Gasteiger partial charge in [-0.25, -0.2) is 4.98 Å². The molecule has 2 aromatic rings. The standard InChI is InChI=1S/C13H16N2OS/c1-9(14)7-10-8-17-13(15-10)11-5-3-4-6-12(11)16-2/h3-6,8-9H,7,14H2,1-2H3.